The number of fused-ring (bicyclic) bond motifs is 3. The zero-order valence-electron chi connectivity index (χ0n) is 18.6. The molecule has 10 heteroatoms. The van der Waals surface area contributed by atoms with Crippen molar-refractivity contribution in [2.24, 2.45) is 23.3 Å². The highest BCUT2D eigenvalue weighted by molar-refractivity contribution is 6.10. The summed E-state index contributed by atoms with van der Waals surface area (Å²) in [7, 11) is 3.29. The topological polar surface area (TPSA) is 187 Å². The summed E-state index contributed by atoms with van der Waals surface area (Å²) < 4.78 is 0. The van der Waals surface area contributed by atoms with Gasteiger partial charge in [0.1, 0.15) is 22.9 Å². The van der Waals surface area contributed by atoms with E-state index in [1.807, 2.05) is 0 Å². The Balaban J connectivity index is 1.91. The van der Waals surface area contributed by atoms with Gasteiger partial charge in [-0.1, -0.05) is 5.92 Å². The van der Waals surface area contributed by atoms with Gasteiger partial charge >= 0.3 is 0 Å². The predicted octanol–water partition coefficient (Wildman–Crippen LogP) is -0.378. The predicted molar refractivity (Wildman–Crippen MR) is 120 cm³/mol. The van der Waals surface area contributed by atoms with Crippen LogP contribution < -0.4 is 11.5 Å². The van der Waals surface area contributed by atoms with Crippen LogP contribution in [0.1, 0.15) is 29.5 Å². The molecule has 0 heterocycles. The van der Waals surface area contributed by atoms with Crippen LogP contribution in [0.25, 0.3) is 5.76 Å². The van der Waals surface area contributed by atoms with Crippen LogP contribution in [-0.2, 0) is 20.8 Å². The van der Waals surface area contributed by atoms with E-state index in [9.17, 15) is 34.8 Å². The van der Waals surface area contributed by atoms with Crippen molar-refractivity contribution in [1.82, 2.24) is 4.90 Å². The van der Waals surface area contributed by atoms with Gasteiger partial charge in [-0.2, -0.15) is 0 Å². The third kappa shape index (κ3) is 3.32. The number of nitrogens with two attached hydrogens (primary N) is 2. The molecule has 34 heavy (non-hydrogen) atoms. The summed E-state index contributed by atoms with van der Waals surface area (Å²) >= 11 is 0. The number of Topliss-reactive ketones (excluding diaryl/α,β-unsaturated/α-hetero) is 1. The van der Waals surface area contributed by atoms with E-state index in [0.717, 1.165) is 0 Å². The Labute approximate surface area is 195 Å². The summed E-state index contributed by atoms with van der Waals surface area (Å²) in [6, 6.07) is 1.90. The lowest BCUT2D eigenvalue weighted by molar-refractivity contribution is -0.151. The van der Waals surface area contributed by atoms with Crippen LogP contribution in [-0.4, -0.2) is 68.7 Å². The minimum atomic E-state index is -2.10. The zero-order valence-corrected chi connectivity index (χ0v) is 18.6. The molecule has 1 saturated carbocycles. The molecule has 178 valence electrons. The van der Waals surface area contributed by atoms with Crippen LogP contribution in [0.3, 0.4) is 0 Å². The van der Waals surface area contributed by atoms with E-state index < -0.39 is 53.3 Å². The third-order valence-corrected chi connectivity index (χ3v) is 7.02. The second-order valence-electron chi connectivity index (χ2n) is 9.17. The molecule has 0 saturated heterocycles. The fourth-order valence-corrected chi connectivity index (χ4v) is 5.58. The number of aromatic hydroxyl groups is 1. The summed E-state index contributed by atoms with van der Waals surface area (Å²) in [4.78, 5) is 38.4. The van der Waals surface area contributed by atoms with Crippen molar-refractivity contribution in [3.63, 3.8) is 0 Å². The largest absolute Gasteiger partial charge is 0.510 e. The Morgan fingerprint density at radius 2 is 1.85 bits per heavy atom. The maximum Gasteiger partial charge on any atom is 0.293 e. The number of aliphatic hydroxyl groups excluding tert-OH is 2. The number of ketones is 1. The van der Waals surface area contributed by atoms with Crippen molar-refractivity contribution in [3.05, 3.63) is 45.7 Å². The molecule has 4 rings (SSSR count). The molecule has 2 amide bonds. The molecule has 3 aliphatic rings. The molecule has 8 N–H and O–H groups in total. The van der Waals surface area contributed by atoms with Crippen LogP contribution in [0.15, 0.2) is 29.0 Å². The fourth-order valence-electron chi connectivity index (χ4n) is 5.58. The standard InChI is InChI=1S/C24H25N3O7/c1-27(2)19-14-8-11-7-12-10(4-6-16(25)29)3-5-15(28)18(12)21(31)17(11)22(32)24(14,34)9-13(20(19)30)23(26)33/h3,5,11,14,19,28,30-31,34H,7-9H2,1-2H3,(H2,25,29)(H2,26,33). The van der Waals surface area contributed by atoms with Crippen molar-refractivity contribution in [2.75, 3.05) is 14.1 Å². The Bertz CT molecular complexity index is 1270. The first-order chi connectivity index (χ1) is 15.9. The van der Waals surface area contributed by atoms with Gasteiger partial charge < -0.3 is 31.9 Å². The number of carbonyl (C=O) groups is 3. The van der Waals surface area contributed by atoms with Crippen LogP contribution in [0.4, 0.5) is 0 Å². The van der Waals surface area contributed by atoms with E-state index in [1.165, 1.54) is 12.1 Å². The molecule has 0 aromatic heterocycles. The Kier molecular flexibility index (Phi) is 5.43. The highest BCUT2D eigenvalue weighted by Crippen LogP contribution is 2.53. The SMILES string of the molecule is CN(C)C1C(O)=C(C(N)=O)CC2(O)C(=O)C3=C(O)c4c(O)ccc(C#CC(N)=O)c4CC3CC12. The summed E-state index contributed by atoms with van der Waals surface area (Å²) in [5.41, 5.74) is 8.92. The minimum Gasteiger partial charge on any atom is -0.510 e. The summed E-state index contributed by atoms with van der Waals surface area (Å²) in [6.07, 6.45) is -0.135. The quantitative estimate of drug-likeness (QED) is 0.318. The van der Waals surface area contributed by atoms with Gasteiger partial charge in [0, 0.05) is 23.5 Å². The molecule has 1 fully saturated rings. The molecule has 0 spiro atoms. The molecule has 0 aliphatic heterocycles. The van der Waals surface area contributed by atoms with Crippen molar-refractivity contribution in [3.8, 4) is 17.6 Å². The van der Waals surface area contributed by atoms with Crippen molar-refractivity contribution in [1.29, 1.82) is 0 Å². The first-order valence-electron chi connectivity index (χ1n) is 10.6. The first-order valence-corrected chi connectivity index (χ1v) is 10.6. The molecule has 0 radical (unpaired) electrons. The van der Waals surface area contributed by atoms with E-state index in [-0.39, 0.29) is 41.1 Å². The average molecular weight is 467 g/mol. The van der Waals surface area contributed by atoms with Gasteiger partial charge in [-0.25, -0.2) is 0 Å². The van der Waals surface area contributed by atoms with E-state index >= 15 is 0 Å². The molecule has 4 atom stereocenters. The first kappa shape index (κ1) is 23.4. The molecular weight excluding hydrogens is 442 g/mol. The summed E-state index contributed by atoms with van der Waals surface area (Å²) in [5.74, 6) is -0.190. The lowest BCUT2D eigenvalue weighted by Crippen LogP contribution is -2.62. The van der Waals surface area contributed by atoms with Crippen LogP contribution >= 0.6 is 0 Å². The van der Waals surface area contributed by atoms with Crippen molar-refractivity contribution >= 4 is 23.4 Å². The number of phenolic OH excluding ortho intramolecular Hbond substituents is 1. The number of amides is 2. The molecule has 4 unspecified atom stereocenters. The maximum absolute atomic E-state index is 13.7. The maximum atomic E-state index is 13.7. The van der Waals surface area contributed by atoms with Gasteiger partial charge in [0.05, 0.1) is 17.2 Å². The summed E-state index contributed by atoms with van der Waals surface area (Å²) in [6.45, 7) is 0. The number of benzene rings is 1. The molecule has 0 bridgehead atoms. The number of hydrogen-bond donors (Lipinski definition) is 6. The van der Waals surface area contributed by atoms with E-state index in [4.69, 9.17) is 11.5 Å². The third-order valence-electron chi connectivity index (χ3n) is 7.02. The van der Waals surface area contributed by atoms with Crippen LogP contribution in [0, 0.1) is 23.7 Å². The Hall–Kier alpha value is -3.81. The van der Waals surface area contributed by atoms with Gasteiger partial charge in [-0.3, -0.25) is 19.3 Å². The number of rotatable bonds is 2. The number of hydrogen-bond acceptors (Lipinski definition) is 8. The van der Waals surface area contributed by atoms with Crippen molar-refractivity contribution in [2.45, 2.75) is 30.9 Å². The van der Waals surface area contributed by atoms with Gasteiger partial charge in [-0.15, -0.1) is 0 Å². The number of likely N-dealkylation sites (N-methyl/N-ethyl adjacent to an activating group) is 1. The zero-order chi connectivity index (χ0) is 25.1. The van der Waals surface area contributed by atoms with Crippen LogP contribution in [0.2, 0.25) is 0 Å². The molecule has 1 aromatic rings. The Morgan fingerprint density at radius 1 is 1.18 bits per heavy atom. The van der Waals surface area contributed by atoms with E-state index in [2.05, 4.69) is 11.8 Å². The van der Waals surface area contributed by atoms with Gasteiger partial charge in [0.15, 0.2) is 5.78 Å². The lowest BCUT2D eigenvalue weighted by Gasteiger charge is -2.51. The van der Waals surface area contributed by atoms with Gasteiger partial charge in [-0.05, 0) is 56.5 Å². The van der Waals surface area contributed by atoms with Gasteiger partial charge in [0.2, 0.25) is 5.91 Å². The highest BCUT2D eigenvalue weighted by Gasteiger charge is 2.60. The fraction of sp³-hybridized carbons (Fsp3) is 0.375. The average Bonchev–Trinajstić information content (AvgIpc) is 2.74. The summed E-state index contributed by atoms with van der Waals surface area (Å²) in [5, 5.41) is 43.9. The lowest BCUT2D eigenvalue weighted by atomic mass is 9.57. The molecule has 3 aliphatic carbocycles. The van der Waals surface area contributed by atoms with E-state index in [1.54, 1.807) is 19.0 Å². The second-order valence-corrected chi connectivity index (χ2v) is 9.17. The van der Waals surface area contributed by atoms with E-state index in [0.29, 0.717) is 11.1 Å². The molecule has 1 aromatic carbocycles. The number of carbonyl (C=O) groups excluding carboxylic acids is 3. The minimum absolute atomic E-state index is 0.00796. The van der Waals surface area contributed by atoms with Crippen molar-refractivity contribution < 1.29 is 34.8 Å². The highest BCUT2D eigenvalue weighted by atomic mass is 16.3. The number of aliphatic hydroxyl groups is 3. The molecule has 10 nitrogen and oxygen atoms in total. The number of nitrogens with zero attached hydrogens (tertiary/aromatic N) is 1. The smallest absolute Gasteiger partial charge is 0.293 e. The Morgan fingerprint density at radius 3 is 2.44 bits per heavy atom. The number of primary amides is 2. The normalized spacial score (nSPS) is 28.0. The monoisotopic (exact) mass is 467 g/mol. The molecular formula is C24H25N3O7. The number of phenols is 1. The second kappa shape index (κ2) is 7.90. The van der Waals surface area contributed by atoms with Crippen LogP contribution in [0.5, 0.6) is 5.75 Å². The van der Waals surface area contributed by atoms with Gasteiger partial charge in [0.25, 0.3) is 5.91 Å².